The molecule has 4 heteroatoms. The van der Waals surface area contributed by atoms with E-state index in [-0.39, 0.29) is 24.0 Å². The first-order valence-electron chi connectivity index (χ1n) is 6.11. The molecule has 0 saturated carbocycles. The molecule has 1 aromatic rings. The van der Waals surface area contributed by atoms with Crippen LogP contribution in [0.2, 0.25) is 0 Å². The Bertz CT molecular complexity index is 324. The minimum absolute atomic E-state index is 0. The van der Waals surface area contributed by atoms with Crippen LogP contribution in [-0.4, -0.2) is 29.3 Å². The summed E-state index contributed by atoms with van der Waals surface area (Å²) in [6.45, 7) is 6.74. The van der Waals surface area contributed by atoms with Crippen LogP contribution in [-0.2, 0) is 6.42 Å². The van der Waals surface area contributed by atoms with E-state index in [4.69, 9.17) is 5.73 Å². The Kier molecular flexibility index (Phi) is 7.48. The van der Waals surface area contributed by atoms with Gasteiger partial charge in [0, 0.05) is 18.1 Å². The normalized spacial score (nSPS) is 14.7. The largest absolute Gasteiger partial charge is 0.390 e. The number of hydrogen-bond donors (Lipinski definition) is 3. The second-order valence-corrected chi connectivity index (χ2v) is 5.55. The van der Waals surface area contributed by atoms with Crippen molar-refractivity contribution in [2.75, 3.05) is 6.54 Å². The van der Waals surface area contributed by atoms with Crippen LogP contribution < -0.4 is 11.1 Å². The van der Waals surface area contributed by atoms with Crippen molar-refractivity contribution in [1.29, 1.82) is 0 Å². The summed E-state index contributed by atoms with van der Waals surface area (Å²) in [6.07, 6.45) is 0.183. The van der Waals surface area contributed by atoms with Gasteiger partial charge >= 0.3 is 0 Å². The molecule has 0 saturated heterocycles. The summed E-state index contributed by atoms with van der Waals surface area (Å²) in [6, 6.07) is 9.79. The molecule has 0 fully saturated rings. The molecular weight excluding hydrogens is 248 g/mol. The highest BCUT2D eigenvalue weighted by Gasteiger charge is 2.18. The summed E-state index contributed by atoms with van der Waals surface area (Å²) < 4.78 is 0. The number of aliphatic hydroxyl groups excluding tert-OH is 1. The minimum Gasteiger partial charge on any atom is -0.390 e. The van der Waals surface area contributed by atoms with E-state index in [2.05, 4.69) is 26.1 Å². The molecule has 0 aromatic heterocycles. The number of rotatable bonds is 5. The predicted octanol–water partition coefficient (Wildman–Crippen LogP) is 1.73. The van der Waals surface area contributed by atoms with E-state index in [0.29, 0.717) is 13.0 Å². The molecule has 0 radical (unpaired) electrons. The quantitative estimate of drug-likeness (QED) is 0.765. The summed E-state index contributed by atoms with van der Waals surface area (Å²) in [5.74, 6) is 0. The maximum Gasteiger partial charge on any atom is 0.0818 e. The van der Waals surface area contributed by atoms with Gasteiger partial charge in [0.05, 0.1) is 6.10 Å². The van der Waals surface area contributed by atoms with Crippen molar-refractivity contribution in [2.45, 2.75) is 44.9 Å². The van der Waals surface area contributed by atoms with Crippen LogP contribution in [0, 0.1) is 0 Å². The van der Waals surface area contributed by atoms with Crippen LogP contribution in [0.1, 0.15) is 26.3 Å². The first kappa shape index (κ1) is 17.4. The highest BCUT2D eigenvalue weighted by Crippen LogP contribution is 2.05. The monoisotopic (exact) mass is 272 g/mol. The Morgan fingerprint density at radius 1 is 1.22 bits per heavy atom. The van der Waals surface area contributed by atoms with E-state index < -0.39 is 6.10 Å². The number of β-amino-alcohol motifs (C(OH)–C–C–N with tert-alkyl or cyclic N) is 1. The van der Waals surface area contributed by atoms with Gasteiger partial charge < -0.3 is 16.2 Å². The molecule has 0 bridgehead atoms. The second-order valence-electron chi connectivity index (χ2n) is 5.55. The molecule has 1 aromatic carbocycles. The zero-order valence-electron chi connectivity index (χ0n) is 11.4. The molecular formula is C14H25ClN2O. The van der Waals surface area contributed by atoms with E-state index in [1.165, 1.54) is 0 Å². The summed E-state index contributed by atoms with van der Waals surface area (Å²) in [7, 11) is 0. The van der Waals surface area contributed by atoms with Crippen molar-refractivity contribution in [3.8, 4) is 0 Å². The van der Waals surface area contributed by atoms with Crippen molar-refractivity contribution in [3.05, 3.63) is 35.9 Å². The second kappa shape index (κ2) is 7.74. The fourth-order valence-corrected chi connectivity index (χ4v) is 1.58. The number of aliphatic hydroxyl groups is 1. The molecule has 104 valence electrons. The van der Waals surface area contributed by atoms with Gasteiger partial charge in [-0.15, -0.1) is 12.4 Å². The average Bonchev–Trinajstić information content (AvgIpc) is 2.26. The SMILES string of the molecule is CC(C)(C)NC[C@@H](O)[C@@H](N)Cc1ccccc1.Cl. The molecule has 3 nitrogen and oxygen atoms in total. The fourth-order valence-electron chi connectivity index (χ4n) is 1.58. The lowest BCUT2D eigenvalue weighted by Crippen LogP contribution is -2.48. The van der Waals surface area contributed by atoms with Crippen molar-refractivity contribution in [2.24, 2.45) is 5.73 Å². The summed E-state index contributed by atoms with van der Waals surface area (Å²) in [5.41, 5.74) is 7.16. The molecule has 0 spiro atoms. The molecule has 0 aliphatic carbocycles. The molecule has 0 unspecified atom stereocenters. The van der Waals surface area contributed by atoms with E-state index in [1.807, 2.05) is 30.3 Å². The zero-order valence-corrected chi connectivity index (χ0v) is 12.2. The molecule has 18 heavy (non-hydrogen) atoms. The number of hydrogen-bond acceptors (Lipinski definition) is 3. The Labute approximate surface area is 116 Å². The van der Waals surface area contributed by atoms with E-state index >= 15 is 0 Å². The third-order valence-electron chi connectivity index (χ3n) is 2.65. The molecule has 2 atom stereocenters. The van der Waals surface area contributed by atoms with Crippen LogP contribution in [0.4, 0.5) is 0 Å². The number of nitrogens with two attached hydrogens (primary N) is 1. The fraction of sp³-hybridized carbons (Fsp3) is 0.571. The van der Waals surface area contributed by atoms with Gasteiger partial charge in [-0.3, -0.25) is 0 Å². The van der Waals surface area contributed by atoms with E-state index in [9.17, 15) is 5.11 Å². The van der Waals surface area contributed by atoms with Crippen LogP contribution in [0.25, 0.3) is 0 Å². The lowest BCUT2D eigenvalue weighted by molar-refractivity contribution is 0.133. The zero-order chi connectivity index (χ0) is 12.9. The predicted molar refractivity (Wildman–Crippen MR) is 79.1 cm³/mol. The van der Waals surface area contributed by atoms with E-state index in [0.717, 1.165) is 5.56 Å². The Morgan fingerprint density at radius 3 is 2.28 bits per heavy atom. The minimum atomic E-state index is -0.519. The molecule has 1 rings (SSSR count). The summed E-state index contributed by atoms with van der Waals surface area (Å²) in [5, 5.41) is 13.2. The van der Waals surface area contributed by atoms with Gasteiger partial charge in [0.2, 0.25) is 0 Å². The van der Waals surface area contributed by atoms with Gasteiger partial charge in [-0.25, -0.2) is 0 Å². The third kappa shape index (κ3) is 6.97. The van der Waals surface area contributed by atoms with Crippen LogP contribution >= 0.6 is 12.4 Å². The first-order valence-corrected chi connectivity index (χ1v) is 6.11. The Balaban J connectivity index is 0.00000289. The van der Waals surface area contributed by atoms with Crippen LogP contribution in [0.15, 0.2) is 30.3 Å². The first-order chi connectivity index (χ1) is 7.88. The molecule has 0 aliphatic rings. The molecule has 4 N–H and O–H groups in total. The maximum atomic E-state index is 9.95. The van der Waals surface area contributed by atoms with Gasteiger partial charge in [-0.2, -0.15) is 0 Å². The lowest BCUT2D eigenvalue weighted by atomic mass is 10.0. The lowest BCUT2D eigenvalue weighted by Gasteiger charge is -2.25. The Hall–Kier alpha value is -0.610. The topological polar surface area (TPSA) is 58.3 Å². The number of benzene rings is 1. The molecule has 0 aliphatic heterocycles. The van der Waals surface area contributed by atoms with Crippen LogP contribution in [0.5, 0.6) is 0 Å². The van der Waals surface area contributed by atoms with E-state index in [1.54, 1.807) is 0 Å². The van der Waals surface area contributed by atoms with Gasteiger partial charge in [-0.05, 0) is 32.8 Å². The van der Waals surface area contributed by atoms with Crippen molar-refractivity contribution < 1.29 is 5.11 Å². The average molecular weight is 273 g/mol. The standard InChI is InChI=1S/C14H24N2O.ClH/c1-14(2,3)16-10-13(17)12(15)9-11-7-5-4-6-8-11;/h4-8,12-13,16-17H,9-10,15H2,1-3H3;1H/t12-,13+;/m0./s1. The van der Waals surface area contributed by atoms with Gasteiger partial charge in [0.25, 0.3) is 0 Å². The summed E-state index contributed by atoms with van der Waals surface area (Å²) >= 11 is 0. The third-order valence-corrected chi connectivity index (χ3v) is 2.65. The van der Waals surface area contributed by atoms with Crippen LogP contribution in [0.3, 0.4) is 0 Å². The molecule has 0 amide bonds. The highest BCUT2D eigenvalue weighted by atomic mass is 35.5. The van der Waals surface area contributed by atoms with Gasteiger partial charge in [0.1, 0.15) is 0 Å². The smallest absolute Gasteiger partial charge is 0.0818 e. The van der Waals surface area contributed by atoms with Gasteiger partial charge in [-0.1, -0.05) is 30.3 Å². The van der Waals surface area contributed by atoms with Gasteiger partial charge in [0.15, 0.2) is 0 Å². The highest BCUT2D eigenvalue weighted by molar-refractivity contribution is 5.85. The summed E-state index contributed by atoms with van der Waals surface area (Å²) in [4.78, 5) is 0. The van der Waals surface area contributed by atoms with Crippen molar-refractivity contribution in [3.63, 3.8) is 0 Å². The Morgan fingerprint density at radius 2 is 1.78 bits per heavy atom. The number of halogens is 1. The van der Waals surface area contributed by atoms with Crippen molar-refractivity contribution >= 4 is 12.4 Å². The maximum absolute atomic E-state index is 9.95. The van der Waals surface area contributed by atoms with Crippen molar-refractivity contribution in [1.82, 2.24) is 5.32 Å². The number of nitrogens with one attached hydrogen (secondary N) is 1. The molecule has 0 heterocycles.